The molecule has 0 spiro atoms. The summed E-state index contributed by atoms with van der Waals surface area (Å²) in [6.45, 7) is 2.22. The van der Waals surface area contributed by atoms with Crippen molar-refractivity contribution in [2.24, 2.45) is 0 Å². The zero-order chi connectivity index (χ0) is 18.5. The van der Waals surface area contributed by atoms with Crippen LogP contribution in [0.15, 0.2) is 36.5 Å². The maximum absolute atomic E-state index is 4.83. The van der Waals surface area contributed by atoms with E-state index in [1.54, 1.807) is 0 Å². The van der Waals surface area contributed by atoms with Gasteiger partial charge in [0.25, 0.3) is 0 Å². The molecule has 1 fully saturated rings. The molecule has 0 bridgehead atoms. The summed E-state index contributed by atoms with van der Waals surface area (Å²) >= 11 is 0. The minimum Gasteiger partial charge on any atom is -0.361 e. The number of fused-ring (bicyclic) bond motifs is 4. The van der Waals surface area contributed by atoms with Gasteiger partial charge in [-0.05, 0) is 92.6 Å². The average Bonchev–Trinajstić information content (AvgIpc) is 3.42. The Labute approximate surface area is 163 Å². The lowest BCUT2D eigenvalue weighted by Gasteiger charge is -2.22. The first-order valence-corrected chi connectivity index (χ1v) is 10.4. The SMILES string of the molecule is c1cc2[nH]cc(C3CCNCC3)c2cc1Nc1ccc2c3c([nH]c2n1)CCC3. The zero-order valence-corrected chi connectivity index (χ0v) is 15.9. The number of aromatic amines is 2. The fourth-order valence-corrected chi connectivity index (χ4v) is 5.03. The van der Waals surface area contributed by atoms with Crippen molar-refractivity contribution in [3.8, 4) is 0 Å². The van der Waals surface area contributed by atoms with Gasteiger partial charge in [0.2, 0.25) is 0 Å². The lowest BCUT2D eigenvalue weighted by molar-refractivity contribution is 0.462. The van der Waals surface area contributed by atoms with Gasteiger partial charge >= 0.3 is 0 Å². The molecular formula is C23H25N5. The Balaban J connectivity index is 1.33. The normalized spacial score (nSPS) is 17.4. The Morgan fingerprint density at radius 1 is 1.00 bits per heavy atom. The summed E-state index contributed by atoms with van der Waals surface area (Å²) in [5.41, 5.74) is 7.60. The largest absolute Gasteiger partial charge is 0.361 e. The van der Waals surface area contributed by atoms with Gasteiger partial charge in [0.15, 0.2) is 0 Å². The van der Waals surface area contributed by atoms with Gasteiger partial charge in [0, 0.05) is 33.9 Å². The van der Waals surface area contributed by atoms with Gasteiger partial charge in [0.05, 0.1) is 0 Å². The predicted octanol–water partition coefficient (Wildman–Crippen LogP) is 4.74. The van der Waals surface area contributed by atoms with Gasteiger partial charge in [0.1, 0.15) is 11.5 Å². The average molecular weight is 371 g/mol. The number of anilines is 2. The topological polar surface area (TPSA) is 68.5 Å². The molecular weight excluding hydrogens is 346 g/mol. The molecule has 1 aliphatic carbocycles. The zero-order valence-electron chi connectivity index (χ0n) is 15.9. The van der Waals surface area contributed by atoms with Gasteiger partial charge in [-0.25, -0.2) is 4.98 Å². The smallest absolute Gasteiger partial charge is 0.140 e. The Bertz CT molecular complexity index is 1160. The van der Waals surface area contributed by atoms with Crippen LogP contribution >= 0.6 is 0 Å². The number of nitrogens with one attached hydrogen (secondary N) is 4. The molecule has 5 nitrogen and oxygen atoms in total. The van der Waals surface area contributed by atoms with Gasteiger partial charge in [-0.2, -0.15) is 0 Å². The summed E-state index contributed by atoms with van der Waals surface area (Å²) < 4.78 is 0. The van der Waals surface area contributed by atoms with E-state index in [1.165, 1.54) is 58.8 Å². The molecule has 142 valence electrons. The van der Waals surface area contributed by atoms with Gasteiger partial charge in [-0.15, -0.1) is 0 Å². The highest BCUT2D eigenvalue weighted by atomic mass is 15.0. The summed E-state index contributed by atoms with van der Waals surface area (Å²) in [6, 6.07) is 10.9. The number of hydrogen-bond donors (Lipinski definition) is 4. The van der Waals surface area contributed by atoms with Crippen molar-refractivity contribution in [2.45, 2.75) is 38.0 Å². The Morgan fingerprint density at radius 2 is 1.93 bits per heavy atom. The van der Waals surface area contributed by atoms with Crippen LogP contribution in [0.1, 0.15) is 42.0 Å². The van der Waals surface area contributed by atoms with Crippen LogP contribution in [-0.2, 0) is 12.8 Å². The molecule has 0 amide bonds. The van der Waals surface area contributed by atoms with Crippen LogP contribution in [0.4, 0.5) is 11.5 Å². The first kappa shape index (κ1) is 16.2. The fraction of sp³-hybridized carbons (Fsp3) is 0.348. The summed E-state index contributed by atoms with van der Waals surface area (Å²) in [5, 5.41) is 9.59. The second-order valence-corrected chi connectivity index (χ2v) is 8.18. The Kier molecular flexibility index (Phi) is 3.69. The molecule has 28 heavy (non-hydrogen) atoms. The Morgan fingerprint density at radius 3 is 2.86 bits per heavy atom. The molecule has 0 radical (unpaired) electrons. The minimum atomic E-state index is 0.640. The lowest BCUT2D eigenvalue weighted by atomic mass is 9.90. The van der Waals surface area contributed by atoms with Crippen molar-refractivity contribution in [1.82, 2.24) is 20.3 Å². The summed E-state index contributed by atoms with van der Waals surface area (Å²) in [5.74, 6) is 1.53. The molecule has 5 heteroatoms. The molecule has 0 saturated carbocycles. The molecule has 1 aliphatic heterocycles. The Hall–Kier alpha value is -2.79. The van der Waals surface area contributed by atoms with E-state index in [1.807, 2.05) is 0 Å². The molecule has 6 rings (SSSR count). The molecule has 4 aromatic rings. The standard InChI is InChI=1S/C23H25N5/c1-2-16-17-5-7-22(28-23(17)27-21(16)3-1)26-15-4-6-20-18(12-15)19(13-25-20)14-8-10-24-11-9-14/h4-7,12-14,24-25H,1-3,8-11H2,(H2,26,27,28). The highest BCUT2D eigenvalue weighted by Crippen LogP contribution is 2.34. The van der Waals surface area contributed by atoms with Crippen molar-refractivity contribution in [3.05, 3.63) is 53.3 Å². The van der Waals surface area contributed by atoms with E-state index in [0.717, 1.165) is 36.7 Å². The number of pyridine rings is 1. The van der Waals surface area contributed by atoms with Gasteiger partial charge in [-0.1, -0.05) is 0 Å². The number of benzene rings is 1. The van der Waals surface area contributed by atoms with Gasteiger partial charge < -0.3 is 20.6 Å². The van der Waals surface area contributed by atoms with E-state index in [0.29, 0.717) is 5.92 Å². The van der Waals surface area contributed by atoms with Crippen LogP contribution in [0.2, 0.25) is 0 Å². The number of rotatable bonds is 3. The second kappa shape index (κ2) is 6.38. The molecule has 1 aromatic carbocycles. The van der Waals surface area contributed by atoms with E-state index >= 15 is 0 Å². The number of hydrogen-bond acceptors (Lipinski definition) is 3. The monoisotopic (exact) mass is 371 g/mol. The van der Waals surface area contributed by atoms with E-state index < -0.39 is 0 Å². The molecule has 3 aromatic heterocycles. The third-order valence-corrected chi connectivity index (χ3v) is 6.47. The second-order valence-electron chi connectivity index (χ2n) is 8.18. The maximum Gasteiger partial charge on any atom is 0.140 e. The summed E-state index contributed by atoms with van der Waals surface area (Å²) in [7, 11) is 0. The quantitative estimate of drug-likeness (QED) is 0.420. The number of nitrogens with zero attached hydrogens (tertiary/aromatic N) is 1. The van der Waals surface area contributed by atoms with Crippen molar-refractivity contribution < 1.29 is 0 Å². The highest BCUT2D eigenvalue weighted by Gasteiger charge is 2.19. The first-order valence-electron chi connectivity index (χ1n) is 10.4. The number of piperidine rings is 1. The number of aryl methyl sites for hydroxylation is 2. The third kappa shape index (κ3) is 2.61. The van der Waals surface area contributed by atoms with Crippen molar-refractivity contribution in [2.75, 3.05) is 18.4 Å². The number of aromatic nitrogens is 3. The maximum atomic E-state index is 4.83. The molecule has 4 N–H and O–H groups in total. The first-order chi connectivity index (χ1) is 13.8. The van der Waals surface area contributed by atoms with Crippen molar-refractivity contribution >= 4 is 33.4 Å². The van der Waals surface area contributed by atoms with Crippen LogP contribution in [0, 0.1) is 0 Å². The van der Waals surface area contributed by atoms with Crippen LogP contribution < -0.4 is 10.6 Å². The van der Waals surface area contributed by atoms with Crippen molar-refractivity contribution in [3.63, 3.8) is 0 Å². The molecule has 1 saturated heterocycles. The van der Waals surface area contributed by atoms with E-state index in [-0.39, 0.29) is 0 Å². The lowest BCUT2D eigenvalue weighted by Crippen LogP contribution is -2.26. The van der Waals surface area contributed by atoms with Crippen LogP contribution in [0.5, 0.6) is 0 Å². The number of H-pyrrole nitrogens is 2. The third-order valence-electron chi connectivity index (χ3n) is 6.47. The molecule has 0 unspecified atom stereocenters. The van der Waals surface area contributed by atoms with Crippen LogP contribution in [0.25, 0.3) is 21.9 Å². The van der Waals surface area contributed by atoms with E-state index in [9.17, 15) is 0 Å². The summed E-state index contributed by atoms with van der Waals surface area (Å²) in [4.78, 5) is 11.8. The predicted molar refractivity (Wildman–Crippen MR) is 115 cm³/mol. The highest BCUT2D eigenvalue weighted by molar-refractivity contribution is 5.88. The van der Waals surface area contributed by atoms with Crippen LogP contribution in [-0.4, -0.2) is 28.0 Å². The fourth-order valence-electron chi connectivity index (χ4n) is 5.03. The minimum absolute atomic E-state index is 0.640. The summed E-state index contributed by atoms with van der Waals surface area (Å²) in [6.07, 6.45) is 8.20. The van der Waals surface area contributed by atoms with Crippen LogP contribution in [0.3, 0.4) is 0 Å². The molecule has 0 atom stereocenters. The van der Waals surface area contributed by atoms with E-state index in [2.05, 4.69) is 57.1 Å². The van der Waals surface area contributed by atoms with Crippen molar-refractivity contribution in [1.29, 1.82) is 0 Å². The molecule has 4 heterocycles. The van der Waals surface area contributed by atoms with Gasteiger partial charge in [-0.3, -0.25) is 0 Å². The molecule has 2 aliphatic rings. The van der Waals surface area contributed by atoms with E-state index in [4.69, 9.17) is 4.98 Å².